The second-order valence-corrected chi connectivity index (χ2v) is 11.6. The minimum Gasteiger partial charge on any atom is -0.445 e. The van der Waals surface area contributed by atoms with Gasteiger partial charge in [0.05, 0.1) is 17.8 Å². The van der Waals surface area contributed by atoms with Crippen LogP contribution in [0.4, 0.5) is 4.79 Å². The van der Waals surface area contributed by atoms with Gasteiger partial charge in [0.15, 0.2) is 0 Å². The Morgan fingerprint density at radius 2 is 1.75 bits per heavy atom. The third-order valence-electron chi connectivity index (χ3n) is 6.83. The van der Waals surface area contributed by atoms with Gasteiger partial charge >= 0.3 is 6.09 Å². The van der Waals surface area contributed by atoms with E-state index in [9.17, 15) is 24.4 Å². The number of nitriles is 1. The van der Waals surface area contributed by atoms with Gasteiger partial charge in [-0.25, -0.2) is 4.79 Å². The SMILES string of the molecule is C[C@@H](OC(C)(C)C)[C@H](NC(=O)OCc1ccccc1)C(=O)N[C@@H](CC1CC1)C(=O)N[C@H](C#N)C[C@@H]1CCNC1=O. The van der Waals surface area contributed by atoms with Crippen molar-refractivity contribution in [1.29, 1.82) is 5.26 Å². The molecule has 1 aliphatic heterocycles. The number of amides is 4. The summed E-state index contributed by atoms with van der Waals surface area (Å²) in [6.07, 6.45) is 1.55. The summed E-state index contributed by atoms with van der Waals surface area (Å²) in [7, 11) is 0. The van der Waals surface area contributed by atoms with Crippen LogP contribution >= 0.6 is 0 Å². The molecule has 0 spiro atoms. The van der Waals surface area contributed by atoms with Gasteiger partial charge in [-0.3, -0.25) is 14.4 Å². The van der Waals surface area contributed by atoms with E-state index in [1.54, 1.807) is 6.92 Å². The smallest absolute Gasteiger partial charge is 0.408 e. The van der Waals surface area contributed by atoms with Crippen LogP contribution in [0.25, 0.3) is 0 Å². The van der Waals surface area contributed by atoms with Crippen LogP contribution < -0.4 is 21.3 Å². The second-order valence-electron chi connectivity index (χ2n) is 11.6. The van der Waals surface area contributed by atoms with E-state index in [4.69, 9.17) is 9.47 Å². The normalized spacial score (nSPS) is 19.8. The molecule has 0 unspecified atom stereocenters. The molecule has 4 amide bonds. The highest BCUT2D eigenvalue weighted by molar-refractivity contribution is 5.92. The predicted octanol–water partition coefficient (Wildman–Crippen LogP) is 2.30. The van der Waals surface area contributed by atoms with Crippen molar-refractivity contribution in [3.8, 4) is 6.07 Å². The van der Waals surface area contributed by atoms with Crippen LogP contribution in [0.1, 0.15) is 65.4 Å². The van der Waals surface area contributed by atoms with Crippen LogP contribution in [-0.4, -0.2) is 60.2 Å². The fourth-order valence-electron chi connectivity index (χ4n) is 4.66. The van der Waals surface area contributed by atoms with E-state index in [2.05, 4.69) is 27.3 Å². The third kappa shape index (κ3) is 10.2. The standard InChI is InChI=1S/C29H41N5O6/c1-18(40-29(2,3)4)24(34-28(38)39-17-20-8-6-5-7-9-20)27(37)33-23(14-19-10-11-19)26(36)32-22(16-30)15-21-12-13-31-25(21)35/h5-9,18-19,21-24H,10-15,17H2,1-4H3,(H,31,35)(H,32,36)(H,33,37)(H,34,38)/t18-,21+,22+,23+,24+/m1/s1. The Kier molecular flexibility index (Phi) is 10.9. The lowest BCUT2D eigenvalue weighted by molar-refractivity contribution is -0.135. The fraction of sp³-hybridized carbons (Fsp3) is 0.621. The maximum Gasteiger partial charge on any atom is 0.408 e. The molecule has 4 N–H and O–H groups in total. The van der Waals surface area contributed by atoms with Crippen LogP contribution in [0.3, 0.4) is 0 Å². The number of benzene rings is 1. The molecule has 5 atom stereocenters. The number of alkyl carbamates (subject to hydrolysis) is 1. The van der Waals surface area contributed by atoms with Gasteiger partial charge in [0, 0.05) is 12.5 Å². The van der Waals surface area contributed by atoms with E-state index in [1.165, 1.54) is 0 Å². The molecular formula is C29H41N5O6. The average Bonchev–Trinajstić information content (AvgIpc) is 3.63. The van der Waals surface area contributed by atoms with E-state index in [-0.39, 0.29) is 30.8 Å². The van der Waals surface area contributed by atoms with Crippen molar-refractivity contribution in [2.24, 2.45) is 11.8 Å². The van der Waals surface area contributed by atoms with Crippen LogP contribution in [0.15, 0.2) is 30.3 Å². The van der Waals surface area contributed by atoms with Gasteiger partial charge in [0.1, 0.15) is 24.7 Å². The summed E-state index contributed by atoms with van der Waals surface area (Å²) in [5, 5.41) is 20.4. The number of nitrogens with zero attached hydrogens (tertiary/aromatic N) is 1. The molecular weight excluding hydrogens is 514 g/mol. The summed E-state index contributed by atoms with van der Waals surface area (Å²) < 4.78 is 11.3. The number of rotatable bonds is 13. The Bertz CT molecular complexity index is 1080. The van der Waals surface area contributed by atoms with E-state index < -0.39 is 47.7 Å². The molecule has 2 aliphatic rings. The quantitative estimate of drug-likeness (QED) is 0.291. The summed E-state index contributed by atoms with van der Waals surface area (Å²) in [6.45, 7) is 7.75. The van der Waals surface area contributed by atoms with Crippen molar-refractivity contribution < 1.29 is 28.7 Å². The molecule has 1 aliphatic carbocycles. The lowest BCUT2D eigenvalue weighted by Gasteiger charge is -2.31. The number of nitrogens with one attached hydrogen (secondary N) is 4. The first kappa shape index (κ1) is 30.9. The summed E-state index contributed by atoms with van der Waals surface area (Å²) >= 11 is 0. The molecule has 2 fully saturated rings. The molecule has 1 saturated heterocycles. The summed E-state index contributed by atoms with van der Waals surface area (Å²) in [6, 6.07) is 8.27. The first-order valence-electron chi connectivity index (χ1n) is 13.9. The second kappa shape index (κ2) is 14.1. The lowest BCUT2D eigenvalue weighted by Crippen LogP contribution is -2.58. The van der Waals surface area contributed by atoms with Gasteiger partial charge in [-0.05, 0) is 58.4 Å². The Balaban J connectivity index is 1.67. The van der Waals surface area contributed by atoms with E-state index in [0.29, 0.717) is 19.4 Å². The minimum absolute atomic E-state index is 0.0246. The molecule has 3 rings (SSSR count). The van der Waals surface area contributed by atoms with Crippen molar-refractivity contribution >= 4 is 23.8 Å². The van der Waals surface area contributed by atoms with Crippen molar-refractivity contribution in [2.45, 2.75) is 96.2 Å². The largest absolute Gasteiger partial charge is 0.445 e. The monoisotopic (exact) mass is 555 g/mol. The van der Waals surface area contributed by atoms with Crippen molar-refractivity contribution in [3.05, 3.63) is 35.9 Å². The van der Waals surface area contributed by atoms with Crippen LogP contribution in [0.2, 0.25) is 0 Å². The van der Waals surface area contributed by atoms with Gasteiger partial charge in [-0.2, -0.15) is 5.26 Å². The zero-order chi connectivity index (χ0) is 29.3. The lowest BCUT2D eigenvalue weighted by atomic mass is 9.98. The Hall–Kier alpha value is -3.65. The maximum atomic E-state index is 13.5. The van der Waals surface area contributed by atoms with Gasteiger partial charge < -0.3 is 30.7 Å². The fourth-order valence-corrected chi connectivity index (χ4v) is 4.66. The molecule has 0 radical (unpaired) electrons. The summed E-state index contributed by atoms with van der Waals surface area (Å²) in [5.74, 6) is -1.29. The molecule has 1 aromatic carbocycles. The zero-order valence-electron chi connectivity index (χ0n) is 23.7. The van der Waals surface area contributed by atoms with Crippen LogP contribution in [-0.2, 0) is 30.5 Å². The van der Waals surface area contributed by atoms with Crippen molar-refractivity contribution in [2.75, 3.05) is 6.54 Å². The molecule has 0 aromatic heterocycles. The Morgan fingerprint density at radius 3 is 2.33 bits per heavy atom. The molecule has 1 heterocycles. The third-order valence-corrected chi connectivity index (χ3v) is 6.83. The number of ether oxygens (including phenoxy) is 2. The number of hydrogen-bond acceptors (Lipinski definition) is 7. The molecule has 11 nitrogen and oxygen atoms in total. The topological polar surface area (TPSA) is 159 Å². The highest BCUT2D eigenvalue weighted by Crippen LogP contribution is 2.33. The first-order chi connectivity index (χ1) is 18.9. The van der Waals surface area contributed by atoms with Gasteiger partial charge in [0.25, 0.3) is 0 Å². The first-order valence-corrected chi connectivity index (χ1v) is 13.9. The highest BCUT2D eigenvalue weighted by atomic mass is 16.6. The van der Waals surface area contributed by atoms with E-state index >= 15 is 0 Å². The molecule has 218 valence electrons. The van der Waals surface area contributed by atoms with Crippen LogP contribution in [0, 0.1) is 23.2 Å². The molecule has 1 saturated carbocycles. The average molecular weight is 556 g/mol. The number of carbonyl (C=O) groups excluding carboxylic acids is 4. The Labute approximate surface area is 235 Å². The molecule has 1 aromatic rings. The summed E-state index contributed by atoms with van der Waals surface area (Å²) in [5.41, 5.74) is 0.186. The van der Waals surface area contributed by atoms with E-state index in [1.807, 2.05) is 51.1 Å². The molecule has 40 heavy (non-hydrogen) atoms. The van der Waals surface area contributed by atoms with Crippen molar-refractivity contribution in [3.63, 3.8) is 0 Å². The van der Waals surface area contributed by atoms with Gasteiger partial charge in [0.2, 0.25) is 17.7 Å². The predicted molar refractivity (Wildman–Crippen MR) is 146 cm³/mol. The number of carbonyl (C=O) groups is 4. The van der Waals surface area contributed by atoms with Crippen LogP contribution in [0.5, 0.6) is 0 Å². The highest BCUT2D eigenvalue weighted by Gasteiger charge is 2.37. The molecule has 0 bridgehead atoms. The number of hydrogen-bond donors (Lipinski definition) is 4. The Morgan fingerprint density at radius 1 is 1.05 bits per heavy atom. The zero-order valence-corrected chi connectivity index (χ0v) is 23.7. The minimum atomic E-state index is -1.15. The molecule has 11 heteroatoms. The van der Waals surface area contributed by atoms with Gasteiger partial charge in [-0.15, -0.1) is 0 Å². The summed E-state index contributed by atoms with van der Waals surface area (Å²) in [4.78, 5) is 51.4. The maximum absolute atomic E-state index is 13.5. The van der Waals surface area contributed by atoms with Gasteiger partial charge in [-0.1, -0.05) is 43.2 Å². The van der Waals surface area contributed by atoms with Crippen molar-refractivity contribution in [1.82, 2.24) is 21.3 Å². The van der Waals surface area contributed by atoms with E-state index in [0.717, 1.165) is 18.4 Å².